The number of halogens is 1. The van der Waals surface area contributed by atoms with Crippen molar-refractivity contribution in [3.8, 4) is 5.75 Å². The molecule has 0 aliphatic carbocycles. The van der Waals surface area contributed by atoms with E-state index in [-0.39, 0.29) is 12.0 Å². The molecule has 1 aromatic rings. The maximum Gasteiger partial charge on any atom is 0.410 e. The molecule has 6 nitrogen and oxygen atoms in total. The normalized spacial score (nSPS) is 16.7. The molecule has 1 unspecified atom stereocenters. The highest BCUT2D eigenvalue weighted by atomic mass is 35.5. The first kappa shape index (κ1) is 20.4. The lowest BCUT2D eigenvalue weighted by Crippen LogP contribution is -2.43. The number of nitrogens with zero attached hydrogens (tertiary/aromatic N) is 2. The van der Waals surface area contributed by atoms with Gasteiger partial charge in [-0.05, 0) is 58.4 Å². The lowest BCUT2D eigenvalue weighted by Gasteiger charge is -2.27. The molecule has 1 aliphatic heterocycles. The van der Waals surface area contributed by atoms with E-state index < -0.39 is 11.7 Å². The number of benzene rings is 1. The van der Waals surface area contributed by atoms with Crippen LogP contribution in [0.2, 0.25) is 5.02 Å². The second-order valence-electron chi connectivity index (χ2n) is 7.36. The fraction of sp³-hybridized carbons (Fsp3) is 0.579. The van der Waals surface area contributed by atoms with Crippen LogP contribution in [0.25, 0.3) is 0 Å². The fourth-order valence-electron chi connectivity index (χ4n) is 2.67. The van der Waals surface area contributed by atoms with Crippen LogP contribution in [-0.4, -0.2) is 59.7 Å². The molecular weight excluding hydrogens is 356 g/mol. The van der Waals surface area contributed by atoms with Gasteiger partial charge in [-0.15, -0.1) is 0 Å². The summed E-state index contributed by atoms with van der Waals surface area (Å²) < 4.78 is 11.1. The smallest absolute Gasteiger partial charge is 0.410 e. The third-order valence-electron chi connectivity index (χ3n) is 3.93. The predicted molar refractivity (Wildman–Crippen MR) is 101 cm³/mol. The molecule has 2 rings (SSSR count). The number of carbonyl (C=O) groups is 2. The molecule has 0 bridgehead atoms. The zero-order valence-corrected chi connectivity index (χ0v) is 16.6. The Morgan fingerprint density at radius 3 is 2.23 bits per heavy atom. The summed E-state index contributed by atoms with van der Waals surface area (Å²) in [7, 11) is 0. The minimum Gasteiger partial charge on any atom is -0.481 e. The standard InChI is InChI=1S/C19H27ClN2O4/c1-14(25-16-8-6-15(20)7-9-16)17(23)21-10-5-11-22(13-12-21)18(24)26-19(2,3)4/h6-9,14H,5,10-13H2,1-4H3. The highest BCUT2D eigenvalue weighted by Crippen LogP contribution is 2.18. The lowest BCUT2D eigenvalue weighted by molar-refractivity contribution is -0.137. The Bertz CT molecular complexity index is 627. The van der Waals surface area contributed by atoms with Crippen molar-refractivity contribution >= 4 is 23.6 Å². The molecule has 0 aromatic heterocycles. The largest absolute Gasteiger partial charge is 0.481 e. The van der Waals surface area contributed by atoms with Crippen molar-refractivity contribution in [2.24, 2.45) is 0 Å². The van der Waals surface area contributed by atoms with E-state index in [9.17, 15) is 9.59 Å². The third kappa shape index (κ3) is 6.09. The summed E-state index contributed by atoms with van der Waals surface area (Å²) >= 11 is 5.86. The quantitative estimate of drug-likeness (QED) is 0.801. The van der Waals surface area contributed by atoms with Crippen molar-refractivity contribution in [2.45, 2.75) is 45.8 Å². The number of ether oxygens (including phenoxy) is 2. The molecule has 1 atom stereocenters. The highest BCUT2D eigenvalue weighted by molar-refractivity contribution is 6.30. The Labute approximate surface area is 160 Å². The fourth-order valence-corrected chi connectivity index (χ4v) is 2.80. The molecule has 144 valence electrons. The molecule has 0 spiro atoms. The van der Waals surface area contributed by atoms with E-state index >= 15 is 0 Å². The van der Waals surface area contributed by atoms with Gasteiger partial charge in [-0.25, -0.2) is 4.79 Å². The van der Waals surface area contributed by atoms with Crippen LogP contribution in [0.15, 0.2) is 24.3 Å². The van der Waals surface area contributed by atoms with Crippen LogP contribution >= 0.6 is 11.6 Å². The van der Waals surface area contributed by atoms with Crippen molar-refractivity contribution < 1.29 is 19.1 Å². The molecule has 0 saturated carbocycles. The van der Waals surface area contributed by atoms with Crippen LogP contribution in [0.4, 0.5) is 4.79 Å². The molecule has 2 amide bonds. The summed E-state index contributed by atoms with van der Waals surface area (Å²) in [6.45, 7) is 9.34. The summed E-state index contributed by atoms with van der Waals surface area (Å²) in [5.74, 6) is 0.506. The summed E-state index contributed by atoms with van der Waals surface area (Å²) in [5, 5.41) is 0.617. The number of rotatable bonds is 3. The van der Waals surface area contributed by atoms with Gasteiger partial charge in [0.1, 0.15) is 11.4 Å². The number of carbonyl (C=O) groups excluding carboxylic acids is 2. The first-order valence-corrected chi connectivity index (χ1v) is 9.22. The second-order valence-corrected chi connectivity index (χ2v) is 7.80. The molecule has 1 heterocycles. The lowest BCUT2D eigenvalue weighted by atomic mass is 10.2. The molecule has 1 aliphatic rings. The van der Waals surface area contributed by atoms with E-state index in [0.717, 1.165) is 0 Å². The van der Waals surface area contributed by atoms with Crippen LogP contribution in [0.3, 0.4) is 0 Å². The number of hydrogen-bond acceptors (Lipinski definition) is 4. The molecule has 0 N–H and O–H groups in total. The molecule has 1 aromatic carbocycles. The van der Waals surface area contributed by atoms with Crippen LogP contribution in [0.5, 0.6) is 5.75 Å². The Morgan fingerprint density at radius 1 is 1.04 bits per heavy atom. The van der Waals surface area contributed by atoms with Crippen LogP contribution in [0.1, 0.15) is 34.1 Å². The SMILES string of the molecule is CC(Oc1ccc(Cl)cc1)C(=O)N1CCCN(C(=O)OC(C)(C)C)CC1. The van der Waals surface area contributed by atoms with Crippen LogP contribution in [0, 0.1) is 0 Å². The maximum atomic E-state index is 12.7. The molecule has 1 fully saturated rings. The Morgan fingerprint density at radius 2 is 1.62 bits per heavy atom. The Hall–Kier alpha value is -1.95. The highest BCUT2D eigenvalue weighted by Gasteiger charge is 2.28. The van der Waals surface area contributed by atoms with Crippen molar-refractivity contribution in [1.82, 2.24) is 9.80 Å². The molecule has 0 radical (unpaired) electrons. The van der Waals surface area contributed by atoms with E-state index in [2.05, 4.69) is 0 Å². The molecule has 7 heteroatoms. The minimum absolute atomic E-state index is 0.0917. The molecular formula is C19H27ClN2O4. The van der Waals surface area contributed by atoms with E-state index in [0.29, 0.717) is 43.4 Å². The van der Waals surface area contributed by atoms with Gasteiger partial charge >= 0.3 is 6.09 Å². The zero-order valence-electron chi connectivity index (χ0n) is 15.8. The van der Waals surface area contributed by atoms with Crippen molar-refractivity contribution in [2.75, 3.05) is 26.2 Å². The number of hydrogen-bond donors (Lipinski definition) is 0. The van der Waals surface area contributed by atoms with Gasteiger partial charge in [0.2, 0.25) is 0 Å². The predicted octanol–water partition coefficient (Wildman–Crippen LogP) is 3.58. The first-order chi connectivity index (χ1) is 12.2. The Kier molecular flexibility index (Phi) is 6.75. The summed E-state index contributed by atoms with van der Waals surface area (Å²) in [4.78, 5) is 28.3. The average Bonchev–Trinajstić information content (AvgIpc) is 2.81. The Balaban J connectivity index is 1.89. The van der Waals surface area contributed by atoms with E-state index in [1.807, 2.05) is 20.8 Å². The van der Waals surface area contributed by atoms with Gasteiger partial charge in [0, 0.05) is 31.2 Å². The molecule has 1 saturated heterocycles. The van der Waals surface area contributed by atoms with Gasteiger partial charge in [-0.2, -0.15) is 0 Å². The van der Waals surface area contributed by atoms with Gasteiger partial charge in [-0.1, -0.05) is 11.6 Å². The van der Waals surface area contributed by atoms with Gasteiger partial charge in [0.15, 0.2) is 6.10 Å². The van der Waals surface area contributed by atoms with Crippen molar-refractivity contribution in [3.05, 3.63) is 29.3 Å². The number of amides is 2. The van der Waals surface area contributed by atoms with Gasteiger partial charge in [0.25, 0.3) is 5.91 Å². The molecule has 26 heavy (non-hydrogen) atoms. The minimum atomic E-state index is -0.607. The topological polar surface area (TPSA) is 59.1 Å². The van der Waals surface area contributed by atoms with Gasteiger partial charge < -0.3 is 19.3 Å². The van der Waals surface area contributed by atoms with Crippen LogP contribution in [-0.2, 0) is 9.53 Å². The van der Waals surface area contributed by atoms with E-state index in [4.69, 9.17) is 21.1 Å². The maximum absolute atomic E-state index is 12.7. The van der Waals surface area contributed by atoms with Crippen molar-refractivity contribution in [3.63, 3.8) is 0 Å². The first-order valence-electron chi connectivity index (χ1n) is 8.84. The van der Waals surface area contributed by atoms with E-state index in [1.54, 1.807) is 41.0 Å². The zero-order chi connectivity index (χ0) is 19.3. The van der Waals surface area contributed by atoms with Gasteiger partial charge in [-0.3, -0.25) is 4.79 Å². The summed E-state index contributed by atoms with van der Waals surface area (Å²) in [6, 6.07) is 6.91. The summed E-state index contributed by atoms with van der Waals surface area (Å²) in [5.41, 5.74) is -0.528. The van der Waals surface area contributed by atoms with Crippen LogP contribution < -0.4 is 4.74 Å². The second kappa shape index (κ2) is 8.62. The average molecular weight is 383 g/mol. The van der Waals surface area contributed by atoms with Crippen molar-refractivity contribution in [1.29, 1.82) is 0 Å². The third-order valence-corrected chi connectivity index (χ3v) is 4.19. The summed E-state index contributed by atoms with van der Waals surface area (Å²) in [6.07, 6.45) is -0.236. The van der Waals surface area contributed by atoms with E-state index in [1.165, 1.54) is 0 Å². The monoisotopic (exact) mass is 382 g/mol. The van der Waals surface area contributed by atoms with Gasteiger partial charge in [0.05, 0.1) is 0 Å².